The average Bonchev–Trinajstić information content (AvgIpc) is 1.31. The summed E-state index contributed by atoms with van der Waals surface area (Å²) in [6, 6.07) is 0. The number of alkyl halides is 2. The van der Waals surface area contributed by atoms with Crippen molar-refractivity contribution in [1.29, 1.82) is 0 Å². The summed E-state index contributed by atoms with van der Waals surface area (Å²) in [7, 11) is 1.79. The Kier molecular flexibility index (Phi) is 2.49. The molecule has 0 rings (SSSR count). The van der Waals surface area contributed by atoms with Gasteiger partial charge in [-0.15, -0.1) is 23.2 Å². The van der Waals surface area contributed by atoms with Crippen LogP contribution in [0.2, 0.25) is 0 Å². The fourth-order valence-corrected chi connectivity index (χ4v) is 0. The lowest BCUT2D eigenvalue weighted by Gasteiger charge is -2.16. The van der Waals surface area contributed by atoms with Gasteiger partial charge in [-0.2, -0.15) is 0 Å². The Morgan fingerprint density at radius 1 is 1.43 bits per heavy atom. The fraction of sp³-hybridized carbons (Fsp3) is 1.00. The maximum absolute atomic E-state index is 5.63. The Hall–Kier alpha value is 0.645. The molecule has 0 saturated heterocycles. The summed E-state index contributed by atoms with van der Waals surface area (Å²) in [6.07, 6.45) is 0. The van der Waals surface area contributed by atoms with E-state index in [0.29, 0.717) is 5.92 Å². The topological polar surface area (TPSA) is 0 Å². The Morgan fingerprint density at radius 2 is 1.57 bits per heavy atom. The van der Waals surface area contributed by atoms with Crippen molar-refractivity contribution in [1.82, 2.24) is 0 Å². The van der Waals surface area contributed by atoms with E-state index in [1.54, 1.807) is 7.85 Å². The third kappa shape index (κ3) is 3.25. The maximum Gasteiger partial charge on any atom is 0.148 e. The third-order valence-corrected chi connectivity index (χ3v) is 1.89. The Balaban J connectivity index is 3.54. The van der Waals surface area contributed by atoms with Crippen molar-refractivity contribution in [2.45, 2.75) is 18.1 Å². The van der Waals surface area contributed by atoms with E-state index in [1.807, 2.05) is 13.8 Å². The minimum Gasteiger partial charge on any atom is -0.112 e. The molecule has 0 fully saturated rings. The van der Waals surface area contributed by atoms with Gasteiger partial charge < -0.3 is 0 Å². The zero-order valence-electron chi connectivity index (χ0n) is 4.83. The normalized spacial score (nSPS) is 12.7. The zero-order valence-corrected chi connectivity index (χ0v) is 6.35. The van der Waals surface area contributed by atoms with Gasteiger partial charge in [0.1, 0.15) is 7.85 Å². The summed E-state index contributed by atoms with van der Waals surface area (Å²) in [4.78, 5) is 0. The van der Waals surface area contributed by atoms with Gasteiger partial charge in [0.05, 0.1) is 4.23 Å². The van der Waals surface area contributed by atoms with Gasteiger partial charge in [-0.1, -0.05) is 13.8 Å². The number of hydrogen-bond acceptors (Lipinski definition) is 0. The van der Waals surface area contributed by atoms with E-state index < -0.39 is 4.23 Å². The molecule has 0 unspecified atom stereocenters. The molecule has 0 bridgehead atoms. The quantitative estimate of drug-likeness (QED) is 0.380. The minimum atomic E-state index is -0.556. The van der Waals surface area contributed by atoms with Gasteiger partial charge in [-0.25, -0.2) is 0 Å². The molecule has 0 N–H and O–H groups in total. The molecule has 0 aromatic carbocycles. The van der Waals surface area contributed by atoms with E-state index >= 15 is 0 Å². The molecule has 0 aromatic rings. The van der Waals surface area contributed by atoms with Crippen LogP contribution in [0.25, 0.3) is 0 Å². The number of hydrogen-bond donors (Lipinski definition) is 0. The van der Waals surface area contributed by atoms with E-state index in [2.05, 4.69) is 0 Å². The predicted molar refractivity (Wildman–Crippen MR) is 37.8 cm³/mol. The highest BCUT2D eigenvalue weighted by Crippen LogP contribution is 2.24. The van der Waals surface area contributed by atoms with Crippen molar-refractivity contribution < 1.29 is 0 Å². The highest BCUT2D eigenvalue weighted by atomic mass is 35.5. The second-order valence-electron chi connectivity index (χ2n) is 2.11. The molecule has 0 nitrogen and oxygen atoms in total. The molecule has 0 heterocycles. The molecule has 7 heavy (non-hydrogen) atoms. The second-order valence-corrected chi connectivity index (χ2v) is 3.87. The Bertz CT molecular complexity index is 55.2. The monoisotopic (exact) mass is 138 g/mol. The van der Waals surface area contributed by atoms with Crippen molar-refractivity contribution in [2.75, 3.05) is 0 Å². The number of halogens is 2. The lowest BCUT2D eigenvalue weighted by molar-refractivity contribution is 0.669. The van der Waals surface area contributed by atoms with Crippen LogP contribution in [-0.2, 0) is 0 Å². The molecule has 0 aliphatic carbocycles. The first-order valence-electron chi connectivity index (χ1n) is 2.32. The predicted octanol–water partition coefficient (Wildman–Crippen LogP) is 1.41. The van der Waals surface area contributed by atoms with E-state index in [4.69, 9.17) is 23.2 Å². The van der Waals surface area contributed by atoms with Crippen LogP contribution in [0.1, 0.15) is 13.8 Å². The second kappa shape index (κ2) is 2.28. The molecule has 3 heteroatoms. The standard InChI is InChI=1S/C4H9BCl2/c1-3(2)4(5,6)7/h3H,5H2,1-2H3. The largest absolute Gasteiger partial charge is 0.148 e. The Labute approximate surface area is 55.6 Å². The molecule has 0 amide bonds. The first-order valence-corrected chi connectivity index (χ1v) is 3.08. The van der Waals surface area contributed by atoms with Gasteiger partial charge >= 0.3 is 0 Å². The summed E-state index contributed by atoms with van der Waals surface area (Å²) in [5.41, 5.74) is 0. The van der Waals surface area contributed by atoms with Gasteiger partial charge in [0, 0.05) is 0 Å². The average molecular weight is 139 g/mol. The van der Waals surface area contributed by atoms with E-state index in [-0.39, 0.29) is 0 Å². The molecular weight excluding hydrogens is 130 g/mol. The van der Waals surface area contributed by atoms with Crippen LogP contribution in [-0.4, -0.2) is 12.1 Å². The Morgan fingerprint density at radius 3 is 1.57 bits per heavy atom. The van der Waals surface area contributed by atoms with Crippen LogP contribution in [0, 0.1) is 5.92 Å². The summed E-state index contributed by atoms with van der Waals surface area (Å²) in [5.74, 6) is 0.329. The lowest BCUT2D eigenvalue weighted by atomic mass is 9.92. The van der Waals surface area contributed by atoms with E-state index in [0.717, 1.165) is 0 Å². The molecular formula is C4H9BCl2. The summed E-state index contributed by atoms with van der Waals surface area (Å²) >= 11 is 11.3. The van der Waals surface area contributed by atoms with E-state index in [9.17, 15) is 0 Å². The minimum absolute atomic E-state index is 0.329. The SMILES string of the molecule is BC(Cl)(Cl)C(C)C. The molecule has 0 aliphatic heterocycles. The first kappa shape index (κ1) is 7.64. The van der Waals surface area contributed by atoms with Gasteiger partial charge in [0.2, 0.25) is 0 Å². The van der Waals surface area contributed by atoms with Gasteiger partial charge in [0.25, 0.3) is 0 Å². The highest BCUT2D eigenvalue weighted by molar-refractivity contribution is 6.65. The van der Waals surface area contributed by atoms with Crippen molar-refractivity contribution in [2.24, 2.45) is 5.92 Å². The van der Waals surface area contributed by atoms with Crippen molar-refractivity contribution in [3.05, 3.63) is 0 Å². The molecule has 0 radical (unpaired) electrons. The van der Waals surface area contributed by atoms with Crippen molar-refractivity contribution in [3.8, 4) is 0 Å². The van der Waals surface area contributed by atoms with Crippen LogP contribution in [0.4, 0.5) is 0 Å². The van der Waals surface area contributed by atoms with Crippen LogP contribution in [0.3, 0.4) is 0 Å². The summed E-state index contributed by atoms with van der Waals surface area (Å²) in [6.45, 7) is 3.97. The van der Waals surface area contributed by atoms with Gasteiger partial charge in [0.15, 0.2) is 0 Å². The molecule has 0 spiro atoms. The molecule has 0 saturated carbocycles. The summed E-state index contributed by atoms with van der Waals surface area (Å²) in [5, 5.41) is 0. The van der Waals surface area contributed by atoms with Crippen molar-refractivity contribution in [3.63, 3.8) is 0 Å². The molecule has 42 valence electrons. The zero-order chi connectivity index (χ0) is 6.08. The molecule has 0 aliphatic rings. The fourth-order valence-electron chi connectivity index (χ4n) is 0. The van der Waals surface area contributed by atoms with E-state index in [1.165, 1.54) is 0 Å². The smallest absolute Gasteiger partial charge is 0.112 e. The number of rotatable bonds is 1. The van der Waals surface area contributed by atoms with Gasteiger partial charge in [-0.05, 0) is 5.92 Å². The third-order valence-electron chi connectivity index (χ3n) is 1.01. The molecule has 0 aromatic heterocycles. The van der Waals surface area contributed by atoms with Crippen molar-refractivity contribution >= 4 is 31.0 Å². The maximum atomic E-state index is 5.63. The highest BCUT2D eigenvalue weighted by Gasteiger charge is 2.20. The van der Waals surface area contributed by atoms with Crippen LogP contribution in [0.5, 0.6) is 0 Å². The van der Waals surface area contributed by atoms with Crippen LogP contribution in [0.15, 0.2) is 0 Å². The lowest BCUT2D eigenvalue weighted by Crippen LogP contribution is -2.19. The molecule has 0 atom stereocenters. The first-order chi connectivity index (χ1) is 2.94. The van der Waals surface area contributed by atoms with Crippen LogP contribution >= 0.6 is 23.2 Å². The summed E-state index contributed by atoms with van der Waals surface area (Å²) < 4.78 is -0.556. The van der Waals surface area contributed by atoms with Crippen LogP contribution < -0.4 is 0 Å². The van der Waals surface area contributed by atoms with Gasteiger partial charge in [-0.3, -0.25) is 0 Å².